The van der Waals surface area contributed by atoms with Gasteiger partial charge in [-0.15, -0.1) is 0 Å². The van der Waals surface area contributed by atoms with Crippen LogP contribution in [0.3, 0.4) is 0 Å². The van der Waals surface area contributed by atoms with Crippen LogP contribution in [0.4, 0.5) is 0 Å². The van der Waals surface area contributed by atoms with Crippen LogP contribution in [0.25, 0.3) is 0 Å². The van der Waals surface area contributed by atoms with Gasteiger partial charge in [0.2, 0.25) is 5.89 Å². The maximum Gasteiger partial charge on any atom is 0.321 e. The Bertz CT molecular complexity index is 703. The normalized spacial score (nSPS) is 21.3. The summed E-state index contributed by atoms with van der Waals surface area (Å²) in [4.78, 5) is 16.5. The van der Waals surface area contributed by atoms with E-state index in [1.165, 1.54) is 11.1 Å². The lowest BCUT2D eigenvalue weighted by molar-refractivity contribution is -0.146. The average molecular weight is 284 g/mol. The monoisotopic (exact) mass is 284 g/mol. The SMILES string of the molecule is CCOC(=O)C1(c2nc(C3Cc4ccccc43)no2)CC1. The molecule has 108 valence electrons. The highest BCUT2D eigenvalue weighted by Crippen LogP contribution is 2.49. The summed E-state index contributed by atoms with van der Waals surface area (Å²) in [6.07, 6.45) is 2.39. The lowest BCUT2D eigenvalue weighted by atomic mass is 9.77. The molecule has 0 amide bonds. The Morgan fingerprint density at radius 3 is 2.95 bits per heavy atom. The number of rotatable bonds is 4. The summed E-state index contributed by atoms with van der Waals surface area (Å²) in [6, 6.07) is 8.27. The third kappa shape index (κ3) is 1.80. The van der Waals surface area contributed by atoms with Gasteiger partial charge < -0.3 is 9.26 Å². The minimum Gasteiger partial charge on any atom is -0.465 e. The van der Waals surface area contributed by atoms with Crippen LogP contribution in [-0.4, -0.2) is 22.7 Å². The Morgan fingerprint density at radius 2 is 2.24 bits per heavy atom. The summed E-state index contributed by atoms with van der Waals surface area (Å²) in [5.41, 5.74) is 1.91. The van der Waals surface area contributed by atoms with E-state index in [2.05, 4.69) is 22.3 Å². The molecular weight excluding hydrogens is 268 g/mol. The van der Waals surface area contributed by atoms with Gasteiger partial charge in [0.15, 0.2) is 5.82 Å². The number of hydrogen-bond donors (Lipinski definition) is 0. The zero-order chi connectivity index (χ0) is 14.4. The first-order valence-corrected chi connectivity index (χ1v) is 7.34. The summed E-state index contributed by atoms with van der Waals surface area (Å²) in [5.74, 6) is 1.05. The molecule has 0 radical (unpaired) electrons. The van der Waals surface area contributed by atoms with Crippen molar-refractivity contribution in [1.29, 1.82) is 0 Å². The first kappa shape index (κ1) is 12.6. The topological polar surface area (TPSA) is 65.2 Å². The zero-order valence-electron chi connectivity index (χ0n) is 11.8. The van der Waals surface area contributed by atoms with Gasteiger partial charge in [0.05, 0.1) is 12.5 Å². The fraction of sp³-hybridized carbons (Fsp3) is 0.438. The molecule has 1 aromatic heterocycles. The average Bonchev–Trinajstić information content (AvgIpc) is 3.14. The molecule has 4 rings (SSSR count). The Balaban J connectivity index is 1.59. The van der Waals surface area contributed by atoms with Crippen LogP contribution >= 0.6 is 0 Å². The fourth-order valence-corrected chi connectivity index (χ4v) is 2.96. The zero-order valence-corrected chi connectivity index (χ0v) is 11.8. The van der Waals surface area contributed by atoms with E-state index in [-0.39, 0.29) is 11.9 Å². The summed E-state index contributed by atoms with van der Waals surface area (Å²) in [7, 11) is 0. The molecule has 1 heterocycles. The van der Waals surface area contributed by atoms with Gasteiger partial charge in [-0.25, -0.2) is 0 Å². The lowest BCUT2D eigenvalue weighted by Gasteiger charge is -2.27. The number of hydrogen-bond acceptors (Lipinski definition) is 5. The van der Waals surface area contributed by atoms with Gasteiger partial charge >= 0.3 is 5.97 Å². The van der Waals surface area contributed by atoms with E-state index in [0.29, 0.717) is 18.3 Å². The van der Waals surface area contributed by atoms with E-state index < -0.39 is 5.41 Å². The molecule has 2 aliphatic carbocycles. The number of esters is 1. The Labute approximate surface area is 122 Å². The molecule has 5 nitrogen and oxygen atoms in total. The summed E-state index contributed by atoms with van der Waals surface area (Å²) in [6.45, 7) is 2.18. The first-order valence-electron chi connectivity index (χ1n) is 7.34. The molecule has 21 heavy (non-hydrogen) atoms. The van der Waals surface area contributed by atoms with Gasteiger partial charge in [-0.05, 0) is 37.3 Å². The second-order valence-electron chi connectivity index (χ2n) is 5.72. The number of aromatic nitrogens is 2. The third-order valence-electron chi connectivity index (χ3n) is 4.43. The van der Waals surface area contributed by atoms with Gasteiger partial charge in [-0.2, -0.15) is 4.98 Å². The van der Waals surface area contributed by atoms with Gasteiger partial charge in [0.1, 0.15) is 5.41 Å². The number of fused-ring (bicyclic) bond motifs is 1. The maximum absolute atomic E-state index is 12.0. The first-order chi connectivity index (χ1) is 10.2. The minimum atomic E-state index is -0.676. The van der Waals surface area contributed by atoms with Crippen molar-refractivity contribution in [2.45, 2.75) is 37.5 Å². The van der Waals surface area contributed by atoms with E-state index in [4.69, 9.17) is 9.26 Å². The predicted octanol–water partition coefficient (Wildman–Crippen LogP) is 2.35. The molecule has 5 heteroatoms. The highest BCUT2D eigenvalue weighted by Gasteiger charge is 2.58. The van der Waals surface area contributed by atoms with E-state index >= 15 is 0 Å². The van der Waals surface area contributed by atoms with Crippen molar-refractivity contribution in [2.24, 2.45) is 0 Å². The molecular formula is C16H16N2O3. The quantitative estimate of drug-likeness (QED) is 0.806. The Kier molecular flexibility index (Phi) is 2.64. The molecule has 1 aromatic carbocycles. The number of ether oxygens (including phenoxy) is 1. The van der Waals surface area contributed by atoms with Gasteiger partial charge in [-0.1, -0.05) is 29.4 Å². The molecule has 1 fully saturated rings. The summed E-state index contributed by atoms with van der Waals surface area (Å²) in [5, 5.41) is 4.09. The van der Waals surface area contributed by atoms with Crippen LogP contribution in [0, 0.1) is 0 Å². The molecule has 1 atom stereocenters. The Morgan fingerprint density at radius 1 is 1.43 bits per heavy atom. The molecule has 0 saturated heterocycles. The molecule has 1 unspecified atom stereocenters. The van der Waals surface area contributed by atoms with Crippen molar-refractivity contribution in [2.75, 3.05) is 6.61 Å². The minimum absolute atomic E-state index is 0.191. The second kappa shape index (κ2) is 4.41. The predicted molar refractivity (Wildman–Crippen MR) is 73.8 cm³/mol. The van der Waals surface area contributed by atoms with Crippen LogP contribution in [-0.2, 0) is 21.4 Å². The van der Waals surface area contributed by atoms with Gasteiger partial charge in [0, 0.05) is 0 Å². The summed E-state index contributed by atoms with van der Waals surface area (Å²) >= 11 is 0. The van der Waals surface area contributed by atoms with Crippen molar-refractivity contribution in [3.63, 3.8) is 0 Å². The highest BCUT2D eigenvalue weighted by atomic mass is 16.5. The molecule has 1 saturated carbocycles. The molecule has 0 bridgehead atoms. The van der Waals surface area contributed by atoms with Gasteiger partial charge in [-0.3, -0.25) is 4.79 Å². The highest BCUT2D eigenvalue weighted by molar-refractivity contribution is 5.85. The number of carbonyl (C=O) groups excluding carboxylic acids is 1. The number of nitrogens with zero attached hydrogens (tertiary/aromatic N) is 2. The fourth-order valence-electron chi connectivity index (χ4n) is 2.96. The standard InChI is InChI=1S/C16H16N2O3/c1-2-20-15(19)16(7-8-16)14-17-13(18-21-14)12-9-10-5-3-4-6-11(10)12/h3-6,12H,2,7-9H2,1H3. The largest absolute Gasteiger partial charge is 0.465 e. The van der Waals surface area contributed by atoms with E-state index in [9.17, 15) is 4.79 Å². The van der Waals surface area contributed by atoms with Crippen LogP contribution in [0.5, 0.6) is 0 Å². The van der Waals surface area contributed by atoms with E-state index in [1.54, 1.807) is 6.92 Å². The van der Waals surface area contributed by atoms with Crippen molar-refractivity contribution < 1.29 is 14.1 Å². The third-order valence-corrected chi connectivity index (χ3v) is 4.43. The van der Waals surface area contributed by atoms with Crippen LogP contribution in [0.2, 0.25) is 0 Å². The summed E-state index contributed by atoms with van der Waals surface area (Å²) < 4.78 is 10.5. The lowest BCUT2D eigenvalue weighted by Crippen LogP contribution is -2.24. The molecule has 0 aliphatic heterocycles. The van der Waals surface area contributed by atoms with E-state index in [0.717, 1.165) is 19.3 Å². The molecule has 0 N–H and O–H groups in total. The van der Waals surface area contributed by atoms with Crippen LogP contribution < -0.4 is 0 Å². The maximum atomic E-state index is 12.0. The van der Waals surface area contributed by atoms with E-state index in [1.807, 2.05) is 12.1 Å². The smallest absolute Gasteiger partial charge is 0.321 e. The van der Waals surface area contributed by atoms with Crippen molar-refractivity contribution in [3.05, 3.63) is 47.1 Å². The van der Waals surface area contributed by atoms with Crippen LogP contribution in [0.1, 0.15) is 48.5 Å². The number of benzene rings is 1. The van der Waals surface area contributed by atoms with Crippen molar-refractivity contribution in [1.82, 2.24) is 10.1 Å². The molecule has 2 aliphatic rings. The van der Waals surface area contributed by atoms with Gasteiger partial charge in [0.25, 0.3) is 0 Å². The molecule has 2 aromatic rings. The molecule has 0 spiro atoms. The number of carbonyl (C=O) groups is 1. The van der Waals surface area contributed by atoms with Crippen LogP contribution in [0.15, 0.2) is 28.8 Å². The Hall–Kier alpha value is -2.17. The second-order valence-corrected chi connectivity index (χ2v) is 5.72. The van der Waals surface area contributed by atoms with Crippen molar-refractivity contribution in [3.8, 4) is 0 Å². The van der Waals surface area contributed by atoms with Crippen molar-refractivity contribution >= 4 is 5.97 Å².